The topological polar surface area (TPSA) is 70.2 Å². The minimum Gasteiger partial charge on any atom is -0.334 e. The Morgan fingerprint density at radius 3 is 2.53 bits per heavy atom. The van der Waals surface area contributed by atoms with E-state index in [1.807, 2.05) is 20.8 Å². The molecule has 0 aliphatic carbocycles. The van der Waals surface area contributed by atoms with E-state index < -0.39 is 17.8 Å². The number of hydrogen-bond donors (Lipinski definition) is 3. The van der Waals surface area contributed by atoms with Crippen LogP contribution < -0.4 is 16.0 Å². The van der Waals surface area contributed by atoms with Crippen LogP contribution in [0.2, 0.25) is 0 Å². The minimum atomic E-state index is -0.434. The molecular formula is C13H18FN3O2. The van der Waals surface area contributed by atoms with Crippen LogP contribution in [0, 0.1) is 5.82 Å². The molecule has 19 heavy (non-hydrogen) atoms. The van der Waals surface area contributed by atoms with Gasteiger partial charge in [-0.05, 0) is 39.0 Å². The highest BCUT2D eigenvalue weighted by atomic mass is 19.1. The van der Waals surface area contributed by atoms with Crippen molar-refractivity contribution >= 4 is 17.6 Å². The lowest BCUT2D eigenvalue weighted by atomic mass is 10.1. The van der Waals surface area contributed by atoms with E-state index in [0.717, 1.165) is 0 Å². The number of rotatable bonds is 3. The molecule has 0 fully saturated rings. The molecule has 1 rings (SSSR count). The van der Waals surface area contributed by atoms with Crippen LogP contribution in [0.15, 0.2) is 24.3 Å². The van der Waals surface area contributed by atoms with E-state index in [-0.39, 0.29) is 12.1 Å². The van der Waals surface area contributed by atoms with Crippen LogP contribution in [-0.2, 0) is 4.79 Å². The number of hydrogen-bond acceptors (Lipinski definition) is 2. The lowest BCUT2D eigenvalue weighted by Gasteiger charge is -2.20. The summed E-state index contributed by atoms with van der Waals surface area (Å²) in [6.07, 6.45) is 0. The zero-order valence-electron chi connectivity index (χ0n) is 11.2. The third-order valence-electron chi connectivity index (χ3n) is 2.01. The highest BCUT2D eigenvalue weighted by Gasteiger charge is 2.14. The summed E-state index contributed by atoms with van der Waals surface area (Å²) in [5.74, 6) is -0.856. The molecular weight excluding hydrogens is 249 g/mol. The fraction of sp³-hybridized carbons (Fsp3) is 0.385. The van der Waals surface area contributed by atoms with Crippen LogP contribution in [0.4, 0.5) is 14.9 Å². The van der Waals surface area contributed by atoms with Crippen LogP contribution in [0.1, 0.15) is 20.8 Å². The van der Waals surface area contributed by atoms with Crippen molar-refractivity contribution in [2.24, 2.45) is 0 Å². The Morgan fingerprint density at radius 2 is 1.95 bits per heavy atom. The van der Waals surface area contributed by atoms with Gasteiger partial charge in [0.2, 0.25) is 5.91 Å². The van der Waals surface area contributed by atoms with Crippen molar-refractivity contribution in [3.05, 3.63) is 30.1 Å². The number of carbonyl (C=O) groups excluding carboxylic acids is 2. The molecule has 0 saturated carbocycles. The first-order valence-corrected chi connectivity index (χ1v) is 5.88. The molecule has 0 atom stereocenters. The van der Waals surface area contributed by atoms with Crippen molar-refractivity contribution in [3.63, 3.8) is 0 Å². The second kappa shape index (κ2) is 6.17. The third-order valence-corrected chi connectivity index (χ3v) is 2.01. The molecule has 0 unspecified atom stereocenters. The van der Waals surface area contributed by atoms with Gasteiger partial charge in [-0.15, -0.1) is 0 Å². The summed E-state index contributed by atoms with van der Waals surface area (Å²) >= 11 is 0. The number of carbonyl (C=O) groups is 2. The van der Waals surface area contributed by atoms with E-state index in [1.165, 1.54) is 18.2 Å². The first-order valence-electron chi connectivity index (χ1n) is 5.88. The predicted molar refractivity (Wildman–Crippen MR) is 71.3 cm³/mol. The Labute approximate surface area is 111 Å². The number of anilines is 1. The van der Waals surface area contributed by atoms with Gasteiger partial charge in [0, 0.05) is 11.2 Å². The summed E-state index contributed by atoms with van der Waals surface area (Å²) in [7, 11) is 0. The molecule has 0 heterocycles. The summed E-state index contributed by atoms with van der Waals surface area (Å²) in [6, 6.07) is 5.11. The maximum Gasteiger partial charge on any atom is 0.315 e. The highest BCUT2D eigenvalue weighted by molar-refractivity contribution is 5.94. The lowest BCUT2D eigenvalue weighted by molar-refractivity contribution is -0.115. The molecule has 0 bridgehead atoms. The van der Waals surface area contributed by atoms with Gasteiger partial charge >= 0.3 is 6.03 Å². The van der Waals surface area contributed by atoms with Crippen molar-refractivity contribution in [1.82, 2.24) is 10.6 Å². The molecule has 1 aromatic rings. The molecule has 104 valence electrons. The van der Waals surface area contributed by atoms with Crippen molar-refractivity contribution in [2.75, 3.05) is 11.9 Å². The Kier molecular flexibility index (Phi) is 4.86. The molecule has 5 nitrogen and oxygen atoms in total. The normalized spacial score (nSPS) is 10.7. The predicted octanol–water partition coefficient (Wildman–Crippen LogP) is 1.86. The first kappa shape index (κ1) is 14.9. The Balaban J connectivity index is 2.38. The van der Waals surface area contributed by atoms with Crippen molar-refractivity contribution in [1.29, 1.82) is 0 Å². The number of urea groups is 1. The minimum absolute atomic E-state index is 0.182. The highest BCUT2D eigenvalue weighted by Crippen LogP contribution is 2.08. The summed E-state index contributed by atoms with van der Waals surface area (Å²) in [4.78, 5) is 22.9. The Hall–Kier alpha value is -2.11. The van der Waals surface area contributed by atoms with Crippen LogP contribution >= 0.6 is 0 Å². The maximum atomic E-state index is 12.9. The van der Waals surface area contributed by atoms with Gasteiger partial charge in [-0.2, -0.15) is 0 Å². The van der Waals surface area contributed by atoms with Crippen LogP contribution in [-0.4, -0.2) is 24.0 Å². The molecule has 0 aliphatic heterocycles. The maximum absolute atomic E-state index is 12.9. The van der Waals surface area contributed by atoms with Crippen molar-refractivity contribution in [3.8, 4) is 0 Å². The van der Waals surface area contributed by atoms with Gasteiger partial charge in [-0.3, -0.25) is 4.79 Å². The molecule has 0 spiro atoms. The molecule has 0 aromatic heterocycles. The zero-order chi connectivity index (χ0) is 14.5. The first-order chi connectivity index (χ1) is 8.76. The monoisotopic (exact) mass is 267 g/mol. The summed E-state index contributed by atoms with van der Waals surface area (Å²) in [5, 5.41) is 7.55. The fourth-order valence-electron chi connectivity index (χ4n) is 1.32. The van der Waals surface area contributed by atoms with Gasteiger partial charge in [-0.1, -0.05) is 6.07 Å². The van der Waals surface area contributed by atoms with Crippen molar-refractivity contribution < 1.29 is 14.0 Å². The Morgan fingerprint density at radius 1 is 1.26 bits per heavy atom. The Bertz CT molecular complexity index is 469. The molecule has 3 amide bonds. The van der Waals surface area contributed by atoms with E-state index in [1.54, 1.807) is 6.07 Å². The van der Waals surface area contributed by atoms with E-state index in [4.69, 9.17) is 0 Å². The van der Waals surface area contributed by atoms with E-state index in [2.05, 4.69) is 16.0 Å². The van der Waals surface area contributed by atoms with Gasteiger partial charge in [0.1, 0.15) is 5.82 Å². The third kappa shape index (κ3) is 6.40. The summed E-state index contributed by atoms with van der Waals surface area (Å²) in [6.45, 7) is 5.32. The second-order valence-corrected chi connectivity index (χ2v) is 5.12. The van der Waals surface area contributed by atoms with Gasteiger partial charge < -0.3 is 16.0 Å². The lowest BCUT2D eigenvalue weighted by Crippen LogP contribution is -2.48. The number of halogens is 1. The van der Waals surface area contributed by atoms with Gasteiger partial charge in [-0.25, -0.2) is 9.18 Å². The average Bonchev–Trinajstić information content (AvgIpc) is 2.24. The second-order valence-electron chi connectivity index (χ2n) is 5.12. The van der Waals surface area contributed by atoms with Gasteiger partial charge in [0.15, 0.2) is 0 Å². The van der Waals surface area contributed by atoms with Gasteiger partial charge in [0.05, 0.1) is 6.54 Å². The van der Waals surface area contributed by atoms with Crippen LogP contribution in [0.3, 0.4) is 0 Å². The van der Waals surface area contributed by atoms with E-state index in [0.29, 0.717) is 5.69 Å². The summed E-state index contributed by atoms with van der Waals surface area (Å²) in [5.41, 5.74) is -0.0219. The van der Waals surface area contributed by atoms with Crippen LogP contribution in [0.5, 0.6) is 0 Å². The largest absolute Gasteiger partial charge is 0.334 e. The standard InChI is InChI=1S/C13H18FN3O2/c1-13(2,3)17-12(19)15-8-11(18)16-10-6-4-5-9(14)7-10/h4-7H,8H2,1-3H3,(H,16,18)(H2,15,17,19). The zero-order valence-corrected chi connectivity index (χ0v) is 11.2. The van der Waals surface area contributed by atoms with E-state index in [9.17, 15) is 14.0 Å². The molecule has 0 aliphatic rings. The van der Waals surface area contributed by atoms with Gasteiger partial charge in [0.25, 0.3) is 0 Å². The molecule has 0 radical (unpaired) electrons. The average molecular weight is 267 g/mol. The molecule has 6 heteroatoms. The smallest absolute Gasteiger partial charge is 0.315 e. The number of nitrogens with one attached hydrogen (secondary N) is 3. The summed E-state index contributed by atoms with van der Waals surface area (Å²) < 4.78 is 12.9. The van der Waals surface area contributed by atoms with Crippen LogP contribution in [0.25, 0.3) is 0 Å². The SMILES string of the molecule is CC(C)(C)NC(=O)NCC(=O)Nc1cccc(F)c1. The van der Waals surface area contributed by atoms with Crippen molar-refractivity contribution in [2.45, 2.75) is 26.3 Å². The quantitative estimate of drug-likeness (QED) is 0.782. The molecule has 1 aromatic carbocycles. The van der Waals surface area contributed by atoms with E-state index >= 15 is 0 Å². The molecule has 0 saturated heterocycles. The number of amides is 3. The molecule has 3 N–H and O–H groups in total. The number of benzene rings is 1. The fourth-order valence-corrected chi connectivity index (χ4v) is 1.32.